The van der Waals surface area contributed by atoms with E-state index in [4.69, 9.17) is 4.74 Å². The van der Waals surface area contributed by atoms with Crippen molar-refractivity contribution in [3.8, 4) is 11.5 Å². The second kappa shape index (κ2) is 7.90. The largest absolute Gasteiger partial charge is 0.573 e. The first-order chi connectivity index (χ1) is 14.6. The monoisotopic (exact) mass is 436 g/mol. The first-order valence-electron chi connectivity index (χ1n) is 10.0. The molecule has 31 heavy (non-hydrogen) atoms. The molecule has 1 amide bonds. The minimum atomic E-state index is -4.71. The highest BCUT2D eigenvalue weighted by Gasteiger charge is 2.34. The highest BCUT2D eigenvalue weighted by atomic mass is 19.4. The SMILES string of the molecule is Cc1nc(CC2CC(Oc3ccc(OC(F)(F)F)cc3)C2)nc2c1NC(=O)[C@H](C)N2C. The molecule has 10 heteroatoms. The van der Waals surface area contributed by atoms with Crippen LogP contribution in [0.5, 0.6) is 11.5 Å². The quantitative estimate of drug-likeness (QED) is 0.767. The number of amides is 1. The summed E-state index contributed by atoms with van der Waals surface area (Å²) >= 11 is 0. The van der Waals surface area contributed by atoms with Crippen LogP contribution in [0.4, 0.5) is 24.7 Å². The standard InChI is InChI=1S/C21H23F3N4O3/c1-11-18-19(28(3)12(2)20(29)27-18)26-17(25-11)10-13-8-16(9-13)30-14-4-6-15(7-5-14)31-21(22,23)24/h4-7,12-13,16H,8-10H2,1-3H3,(H,27,29)/t12-,13?,16?/m0/s1. The van der Waals surface area contributed by atoms with E-state index in [1.165, 1.54) is 24.3 Å². The van der Waals surface area contributed by atoms with Gasteiger partial charge in [-0.1, -0.05) is 0 Å². The number of aromatic nitrogens is 2. The summed E-state index contributed by atoms with van der Waals surface area (Å²) in [7, 11) is 1.84. The summed E-state index contributed by atoms with van der Waals surface area (Å²) in [5.41, 5.74) is 1.39. The summed E-state index contributed by atoms with van der Waals surface area (Å²) in [5.74, 6) is 1.96. The normalized spacial score (nSPS) is 23.0. The molecule has 1 N–H and O–H groups in total. The van der Waals surface area contributed by atoms with Crippen LogP contribution in [0.3, 0.4) is 0 Å². The number of hydrogen-bond acceptors (Lipinski definition) is 6. The molecule has 2 heterocycles. The molecule has 2 aromatic rings. The van der Waals surface area contributed by atoms with Gasteiger partial charge in [0.2, 0.25) is 5.91 Å². The highest BCUT2D eigenvalue weighted by molar-refractivity contribution is 6.02. The smallest absolute Gasteiger partial charge is 0.490 e. The van der Waals surface area contributed by atoms with Gasteiger partial charge in [0.1, 0.15) is 29.1 Å². The van der Waals surface area contributed by atoms with E-state index in [0.717, 1.165) is 30.2 Å². The molecule has 1 aromatic carbocycles. The number of anilines is 2. The molecular formula is C21H23F3N4O3. The number of nitrogens with one attached hydrogen (secondary N) is 1. The van der Waals surface area contributed by atoms with Gasteiger partial charge in [0.05, 0.1) is 11.8 Å². The van der Waals surface area contributed by atoms with Crippen molar-refractivity contribution in [3.63, 3.8) is 0 Å². The maximum Gasteiger partial charge on any atom is 0.573 e. The van der Waals surface area contributed by atoms with Gasteiger partial charge in [-0.25, -0.2) is 9.97 Å². The van der Waals surface area contributed by atoms with Crippen molar-refractivity contribution in [2.24, 2.45) is 5.92 Å². The highest BCUT2D eigenvalue weighted by Crippen LogP contribution is 2.36. The Hall–Kier alpha value is -3.04. The average Bonchev–Trinajstić information content (AvgIpc) is 2.66. The summed E-state index contributed by atoms with van der Waals surface area (Å²) in [6, 6.07) is 5.10. The lowest BCUT2D eigenvalue weighted by atomic mass is 9.80. The minimum Gasteiger partial charge on any atom is -0.490 e. The Kier molecular flexibility index (Phi) is 5.40. The zero-order valence-corrected chi connectivity index (χ0v) is 17.4. The Balaban J connectivity index is 1.32. The average molecular weight is 436 g/mol. The van der Waals surface area contributed by atoms with Gasteiger partial charge in [-0.05, 0) is 56.9 Å². The van der Waals surface area contributed by atoms with E-state index in [-0.39, 0.29) is 23.8 Å². The summed E-state index contributed by atoms with van der Waals surface area (Å²) in [5, 5.41) is 2.87. The van der Waals surface area contributed by atoms with Crippen molar-refractivity contribution >= 4 is 17.4 Å². The number of fused-ring (bicyclic) bond motifs is 1. The molecule has 2 aliphatic rings. The Labute approximate surface area is 177 Å². The predicted molar refractivity (Wildman–Crippen MR) is 107 cm³/mol. The molecule has 1 aliphatic heterocycles. The number of ether oxygens (including phenoxy) is 2. The number of hydrogen-bond donors (Lipinski definition) is 1. The van der Waals surface area contributed by atoms with Gasteiger partial charge in [-0.2, -0.15) is 0 Å². The van der Waals surface area contributed by atoms with E-state index in [2.05, 4.69) is 20.0 Å². The zero-order valence-electron chi connectivity index (χ0n) is 17.4. The van der Waals surface area contributed by atoms with Gasteiger partial charge in [-0.15, -0.1) is 13.2 Å². The van der Waals surface area contributed by atoms with Gasteiger partial charge in [0, 0.05) is 13.5 Å². The maximum atomic E-state index is 12.2. The van der Waals surface area contributed by atoms with Crippen molar-refractivity contribution in [2.45, 2.75) is 51.6 Å². The van der Waals surface area contributed by atoms with E-state index >= 15 is 0 Å². The fraction of sp³-hybridized carbons (Fsp3) is 0.476. The fourth-order valence-electron chi connectivity index (χ4n) is 3.80. The summed E-state index contributed by atoms with van der Waals surface area (Å²) < 4.78 is 46.4. The zero-order chi connectivity index (χ0) is 22.3. The van der Waals surface area contributed by atoms with E-state index in [1.54, 1.807) is 0 Å². The number of nitrogens with zero attached hydrogens (tertiary/aromatic N) is 3. The molecule has 166 valence electrons. The number of alkyl halides is 3. The molecule has 1 fully saturated rings. The number of carbonyl (C=O) groups excluding carboxylic acids is 1. The van der Waals surface area contributed by atoms with Gasteiger partial charge in [0.15, 0.2) is 5.82 Å². The summed E-state index contributed by atoms with van der Waals surface area (Å²) in [6.07, 6.45) is -2.39. The second-order valence-corrected chi connectivity index (χ2v) is 8.00. The van der Waals surface area contributed by atoms with E-state index in [9.17, 15) is 18.0 Å². The molecule has 0 saturated heterocycles. The second-order valence-electron chi connectivity index (χ2n) is 8.00. The third-order valence-corrected chi connectivity index (χ3v) is 5.68. The first kappa shape index (κ1) is 21.2. The van der Waals surface area contributed by atoms with Crippen LogP contribution in [0.25, 0.3) is 0 Å². The number of halogens is 3. The molecule has 0 radical (unpaired) electrons. The van der Waals surface area contributed by atoms with Crippen LogP contribution in [0.1, 0.15) is 31.3 Å². The molecule has 4 rings (SSSR count). The third-order valence-electron chi connectivity index (χ3n) is 5.68. The van der Waals surface area contributed by atoms with Gasteiger partial charge < -0.3 is 19.7 Å². The van der Waals surface area contributed by atoms with Crippen LogP contribution >= 0.6 is 0 Å². The van der Waals surface area contributed by atoms with Gasteiger partial charge in [-0.3, -0.25) is 4.79 Å². The Morgan fingerprint density at radius 3 is 2.45 bits per heavy atom. The molecule has 0 bridgehead atoms. The number of carbonyl (C=O) groups is 1. The Bertz CT molecular complexity index is 975. The van der Waals surface area contributed by atoms with Crippen LogP contribution in [0.2, 0.25) is 0 Å². The van der Waals surface area contributed by atoms with Crippen molar-refractivity contribution in [2.75, 3.05) is 17.3 Å². The third kappa shape index (κ3) is 4.67. The predicted octanol–water partition coefficient (Wildman–Crippen LogP) is 3.86. The molecule has 1 aliphatic carbocycles. The molecule has 0 unspecified atom stereocenters. The van der Waals surface area contributed by atoms with Crippen LogP contribution in [-0.2, 0) is 11.2 Å². The molecular weight excluding hydrogens is 413 g/mol. The molecule has 1 aromatic heterocycles. The first-order valence-corrected chi connectivity index (χ1v) is 10.0. The Morgan fingerprint density at radius 1 is 1.16 bits per heavy atom. The lowest BCUT2D eigenvalue weighted by Gasteiger charge is -2.36. The van der Waals surface area contributed by atoms with Gasteiger partial charge >= 0.3 is 6.36 Å². The van der Waals surface area contributed by atoms with Crippen molar-refractivity contribution in [1.82, 2.24) is 9.97 Å². The van der Waals surface area contributed by atoms with Crippen LogP contribution in [0, 0.1) is 12.8 Å². The fourth-order valence-corrected chi connectivity index (χ4v) is 3.80. The number of rotatable bonds is 5. The molecule has 7 nitrogen and oxygen atoms in total. The van der Waals surface area contributed by atoms with Crippen molar-refractivity contribution < 1.29 is 27.4 Å². The van der Waals surface area contributed by atoms with Crippen molar-refractivity contribution in [3.05, 3.63) is 35.8 Å². The maximum absolute atomic E-state index is 12.2. The molecule has 0 spiro atoms. The molecule has 1 saturated carbocycles. The van der Waals surface area contributed by atoms with E-state index < -0.39 is 6.36 Å². The van der Waals surface area contributed by atoms with Gasteiger partial charge in [0.25, 0.3) is 0 Å². The number of aryl methyl sites for hydroxylation is 1. The Morgan fingerprint density at radius 2 is 1.81 bits per heavy atom. The number of likely N-dealkylation sites (N-methyl/N-ethyl adjacent to an activating group) is 1. The lowest BCUT2D eigenvalue weighted by Crippen LogP contribution is -2.45. The van der Waals surface area contributed by atoms with Crippen LogP contribution in [0.15, 0.2) is 24.3 Å². The van der Waals surface area contributed by atoms with Crippen LogP contribution < -0.4 is 19.7 Å². The summed E-state index contributed by atoms with van der Waals surface area (Å²) in [4.78, 5) is 23.1. The lowest BCUT2D eigenvalue weighted by molar-refractivity contribution is -0.274. The minimum absolute atomic E-state index is 0.0000858. The number of benzene rings is 1. The van der Waals surface area contributed by atoms with E-state index in [0.29, 0.717) is 23.8 Å². The van der Waals surface area contributed by atoms with Crippen molar-refractivity contribution in [1.29, 1.82) is 0 Å². The summed E-state index contributed by atoms with van der Waals surface area (Å²) in [6.45, 7) is 3.68. The van der Waals surface area contributed by atoms with E-state index in [1.807, 2.05) is 25.8 Å². The van der Waals surface area contributed by atoms with Crippen LogP contribution in [-0.4, -0.2) is 41.4 Å². The topological polar surface area (TPSA) is 76.6 Å². The molecule has 1 atom stereocenters.